The Labute approximate surface area is 171 Å². The van der Waals surface area contributed by atoms with Crippen molar-refractivity contribution >= 4 is 27.3 Å². The Hall–Kier alpha value is -1.00. The second kappa shape index (κ2) is 8.39. The summed E-state index contributed by atoms with van der Waals surface area (Å²) < 4.78 is 32.8. The molecule has 28 heavy (non-hydrogen) atoms. The van der Waals surface area contributed by atoms with E-state index < -0.39 is 10.0 Å². The fourth-order valence-electron chi connectivity index (χ4n) is 4.73. The summed E-state index contributed by atoms with van der Waals surface area (Å²) in [4.78, 5) is 15.9. The third kappa shape index (κ3) is 3.87. The largest absolute Gasteiger partial charge is 0.379 e. The van der Waals surface area contributed by atoms with Gasteiger partial charge >= 0.3 is 0 Å². The number of hydrogen-bond donors (Lipinski definition) is 1. The van der Waals surface area contributed by atoms with Crippen LogP contribution >= 0.6 is 11.3 Å². The summed E-state index contributed by atoms with van der Waals surface area (Å²) >= 11 is 1.21. The smallest absolute Gasteiger partial charge is 0.262 e. The van der Waals surface area contributed by atoms with Crippen molar-refractivity contribution in [2.75, 3.05) is 45.9 Å². The lowest BCUT2D eigenvalue weighted by Crippen LogP contribution is -2.57. The van der Waals surface area contributed by atoms with Crippen LogP contribution in [-0.2, 0) is 14.8 Å². The first-order valence-electron chi connectivity index (χ1n) is 10.2. The zero-order chi connectivity index (χ0) is 19.6. The Morgan fingerprint density at radius 3 is 2.46 bits per heavy atom. The van der Waals surface area contributed by atoms with E-state index >= 15 is 0 Å². The van der Waals surface area contributed by atoms with Gasteiger partial charge in [-0.2, -0.15) is 4.31 Å². The molecular formula is C19H29N3O4S2. The molecule has 0 spiro atoms. The molecule has 156 valence electrons. The van der Waals surface area contributed by atoms with Gasteiger partial charge in [0.05, 0.1) is 13.2 Å². The molecule has 1 N–H and O–H groups in total. The minimum Gasteiger partial charge on any atom is -0.379 e. The number of nitrogens with one attached hydrogen (secondary N) is 1. The molecule has 4 rings (SSSR count). The van der Waals surface area contributed by atoms with Crippen molar-refractivity contribution in [2.45, 2.75) is 49.0 Å². The Kier molecular flexibility index (Phi) is 6.08. The quantitative estimate of drug-likeness (QED) is 0.750. The van der Waals surface area contributed by atoms with Gasteiger partial charge in [0.1, 0.15) is 9.77 Å². The van der Waals surface area contributed by atoms with Gasteiger partial charge in [-0.25, -0.2) is 8.42 Å². The topological polar surface area (TPSA) is 79.0 Å². The van der Waals surface area contributed by atoms with Gasteiger partial charge in [-0.15, -0.1) is 11.3 Å². The van der Waals surface area contributed by atoms with Crippen molar-refractivity contribution in [2.24, 2.45) is 0 Å². The molecule has 1 amide bonds. The first kappa shape index (κ1) is 20.3. The third-order valence-electron chi connectivity index (χ3n) is 6.31. The van der Waals surface area contributed by atoms with E-state index in [2.05, 4.69) is 10.2 Å². The standard InChI is InChI=1S/C19H29N3O4S2/c23-18(17-16(5-14-27-17)28(24,25)22-8-3-4-9-22)20-15-19(6-1-2-7-19)21-10-12-26-13-11-21/h5,14H,1-4,6-13,15H2,(H,20,23). The number of nitrogens with zero attached hydrogens (tertiary/aromatic N) is 2. The van der Waals surface area contributed by atoms with E-state index in [1.54, 1.807) is 11.4 Å². The van der Waals surface area contributed by atoms with Crippen LogP contribution in [0.5, 0.6) is 0 Å². The van der Waals surface area contributed by atoms with Crippen molar-refractivity contribution in [1.29, 1.82) is 0 Å². The molecule has 2 saturated heterocycles. The van der Waals surface area contributed by atoms with Crippen molar-refractivity contribution in [3.63, 3.8) is 0 Å². The maximum Gasteiger partial charge on any atom is 0.262 e. The fourth-order valence-corrected chi connectivity index (χ4v) is 7.57. The number of ether oxygens (including phenoxy) is 1. The van der Waals surface area contributed by atoms with E-state index in [4.69, 9.17) is 4.74 Å². The number of hydrogen-bond acceptors (Lipinski definition) is 6. The second-order valence-corrected chi connectivity index (χ2v) is 10.8. The number of morpholine rings is 1. The minimum absolute atomic E-state index is 0.0231. The zero-order valence-electron chi connectivity index (χ0n) is 16.2. The van der Waals surface area contributed by atoms with Gasteiger partial charge in [-0.05, 0) is 37.1 Å². The number of amides is 1. The lowest BCUT2D eigenvalue weighted by Gasteiger charge is -2.43. The van der Waals surface area contributed by atoms with E-state index in [1.807, 2.05) is 0 Å². The Morgan fingerprint density at radius 2 is 1.79 bits per heavy atom. The van der Waals surface area contributed by atoms with Gasteiger partial charge in [0, 0.05) is 38.3 Å². The summed E-state index contributed by atoms with van der Waals surface area (Å²) in [6, 6.07) is 1.57. The van der Waals surface area contributed by atoms with Crippen LogP contribution in [0, 0.1) is 0 Å². The van der Waals surface area contributed by atoms with Crippen molar-refractivity contribution < 1.29 is 17.9 Å². The monoisotopic (exact) mass is 427 g/mol. The van der Waals surface area contributed by atoms with E-state index in [-0.39, 0.29) is 16.3 Å². The van der Waals surface area contributed by atoms with Gasteiger partial charge in [-0.3, -0.25) is 9.69 Å². The number of carbonyl (C=O) groups is 1. The molecule has 0 bridgehead atoms. The Morgan fingerprint density at radius 1 is 1.11 bits per heavy atom. The van der Waals surface area contributed by atoms with Crippen LogP contribution in [0.25, 0.3) is 0 Å². The van der Waals surface area contributed by atoms with Crippen molar-refractivity contribution in [1.82, 2.24) is 14.5 Å². The fraction of sp³-hybridized carbons (Fsp3) is 0.737. The highest BCUT2D eigenvalue weighted by atomic mass is 32.2. The molecule has 3 fully saturated rings. The lowest BCUT2D eigenvalue weighted by molar-refractivity contribution is -0.0199. The van der Waals surface area contributed by atoms with E-state index in [0.29, 0.717) is 24.5 Å². The predicted molar refractivity (Wildman–Crippen MR) is 108 cm³/mol. The van der Waals surface area contributed by atoms with Gasteiger partial charge in [-0.1, -0.05) is 12.8 Å². The molecule has 1 saturated carbocycles. The molecule has 0 atom stereocenters. The lowest BCUT2D eigenvalue weighted by atomic mass is 9.94. The highest BCUT2D eigenvalue weighted by Gasteiger charge is 2.41. The third-order valence-corrected chi connectivity index (χ3v) is 9.30. The van der Waals surface area contributed by atoms with Crippen LogP contribution in [-0.4, -0.2) is 75.0 Å². The molecule has 3 aliphatic rings. The number of thiophene rings is 1. The van der Waals surface area contributed by atoms with Crippen molar-refractivity contribution in [3.05, 3.63) is 16.3 Å². The molecule has 1 aromatic rings. The highest BCUT2D eigenvalue weighted by molar-refractivity contribution is 7.89. The Balaban J connectivity index is 1.48. The average molecular weight is 428 g/mol. The van der Waals surface area contributed by atoms with Crippen LogP contribution in [0.4, 0.5) is 0 Å². The molecule has 3 heterocycles. The summed E-state index contributed by atoms with van der Waals surface area (Å²) in [6.07, 6.45) is 6.23. The molecule has 0 unspecified atom stereocenters. The molecular weight excluding hydrogens is 398 g/mol. The molecule has 7 nitrogen and oxygen atoms in total. The number of sulfonamides is 1. The summed E-state index contributed by atoms with van der Waals surface area (Å²) in [6.45, 7) is 4.90. The second-order valence-electron chi connectivity index (χ2n) is 7.94. The summed E-state index contributed by atoms with van der Waals surface area (Å²) in [7, 11) is -3.59. The average Bonchev–Trinajstić information content (AvgIpc) is 3.49. The molecule has 2 aliphatic heterocycles. The van der Waals surface area contributed by atoms with Crippen LogP contribution < -0.4 is 5.32 Å². The predicted octanol–water partition coefficient (Wildman–Crippen LogP) is 1.91. The van der Waals surface area contributed by atoms with E-state index in [0.717, 1.165) is 52.0 Å². The Bertz CT molecular complexity index is 790. The summed E-state index contributed by atoms with van der Waals surface area (Å²) in [5.74, 6) is -0.271. The van der Waals surface area contributed by atoms with Crippen LogP contribution in [0.1, 0.15) is 48.2 Å². The summed E-state index contributed by atoms with van der Waals surface area (Å²) in [5, 5.41) is 4.77. The highest BCUT2D eigenvalue weighted by Crippen LogP contribution is 2.35. The van der Waals surface area contributed by atoms with Gasteiger partial charge < -0.3 is 10.1 Å². The van der Waals surface area contributed by atoms with E-state index in [1.165, 1.54) is 28.5 Å². The molecule has 9 heteroatoms. The van der Waals surface area contributed by atoms with Gasteiger partial charge in [0.25, 0.3) is 5.91 Å². The SMILES string of the molecule is O=C(NCC1(N2CCOCC2)CCCC1)c1sccc1S(=O)(=O)N1CCCC1. The summed E-state index contributed by atoms with van der Waals surface area (Å²) in [5.41, 5.74) is -0.0231. The van der Waals surface area contributed by atoms with Crippen LogP contribution in [0.3, 0.4) is 0 Å². The van der Waals surface area contributed by atoms with Crippen LogP contribution in [0.2, 0.25) is 0 Å². The number of rotatable bonds is 6. The van der Waals surface area contributed by atoms with E-state index in [9.17, 15) is 13.2 Å². The van der Waals surface area contributed by atoms with Crippen LogP contribution in [0.15, 0.2) is 16.3 Å². The zero-order valence-corrected chi connectivity index (χ0v) is 17.8. The molecule has 1 aliphatic carbocycles. The van der Waals surface area contributed by atoms with Crippen molar-refractivity contribution in [3.8, 4) is 0 Å². The first-order valence-corrected chi connectivity index (χ1v) is 12.5. The maximum absolute atomic E-state index is 12.9. The molecule has 1 aromatic heterocycles. The first-order chi connectivity index (χ1) is 13.5. The molecule has 0 aromatic carbocycles. The minimum atomic E-state index is -3.59. The number of carbonyl (C=O) groups excluding carboxylic acids is 1. The maximum atomic E-state index is 12.9. The van der Waals surface area contributed by atoms with Gasteiger partial charge in [0.2, 0.25) is 10.0 Å². The van der Waals surface area contributed by atoms with Gasteiger partial charge in [0.15, 0.2) is 0 Å². The molecule has 0 radical (unpaired) electrons. The normalized spacial score (nSPS) is 23.9.